The molecule has 0 aromatic heterocycles. The Balaban J connectivity index is 1.73. The highest BCUT2D eigenvalue weighted by atomic mass is 16.4. The first kappa shape index (κ1) is 25.0. The molecule has 2 fully saturated rings. The Bertz CT molecular complexity index is 533. The molecular formula is C22H43N4O4+. The summed E-state index contributed by atoms with van der Waals surface area (Å²) in [6, 6.07) is -0.805. The number of carbonyl (C=O) groups is 2. The van der Waals surface area contributed by atoms with Crippen molar-refractivity contribution in [1.29, 1.82) is 0 Å². The average Bonchev–Trinajstić information content (AvgIpc) is 2.74. The van der Waals surface area contributed by atoms with E-state index in [0.29, 0.717) is 18.9 Å². The van der Waals surface area contributed by atoms with Gasteiger partial charge in [0.15, 0.2) is 0 Å². The Morgan fingerprint density at radius 3 is 2.27 bits per heavy atom. The Hall–Kier alpha value is -1.22. The van der Waals surface area contributed by atoms with Gasteiger partial charge in [-0.2, -0.15) is 0 Å². The van der Waals surface area contributed by atoms with Gasteiger partial charge in [0.25, 0.3) is 0 Å². The summed E-state index contributed by atoms with van der Waals surface area (Å²) in [6.07, 6.45) is 11.4. The smallest absolute Gasteiger partial charge is 0.320 e. The van der Waals surface area contributed by atoms with E-state index in [1.54, 1.807) is 4.90 Å². The molecule has 5 atom stereocenters. The molecular weight excluding hydrogens is 384 g/mol. The first-order chi connectivity index (χ1) is 14.4. The van der Waals surface area contributed by atoms with E-state index >= 15 is 0 Å². The third-order valence-electron chi connectivity index (χ3n) is 7.00. The predicted octanol–water partition coefficient (Wildman–Crippen LogP) is 0.300. The topological polar surface area (TPSA) is 134 Å². The van der Waals surface area contributed by atoms with Gasteiger partial charge in [-0.3, -0.25) is 14.5 Å². The molecule has 0 radical (unpaired) electrons. The van der Waals surface area contributed by atoms with Gasteiger partial charge in [0, 0.05) is 12.0 Å². The summed E-state index contributed by atoms with van der Waals surface area (Å²) in [4.78, 5) is 26.0. The summed E-state index contributed by atoms with van der Waals surface area (Å²) in [7, 11) is 0. The van der Waals surface area contributed by atoms with Crippen LogP contribution < -0.4 is 16.4 Å². The molecule has 0 aliphatic carbocycles. The molecule has 0 aromatic rings. The van der Waals surface area contributed by atoms with Gasteiger partial charge in [0.05, 0.1) is 19.6 Å². The van der Waals surface area contributed by atoms with Crippen molar-refractivity contribution in [2.75, 3.05) is 32.7 Å². The molecule has 0 bridgehead atoms. The van der Waals surface area contributed by atoms with Crippen molar-refractivity contribution in [1.82, 2.24) is 4.90 Å². The van der Waals surface area contributed by atoms with Crippen molar-refractivity contribution in [2.24, 2.45) is 17.4 Å². The molecule has 2 saturated heterocycles. The van der Waals surface area contributed by atoms with Crippen LogP contribution >= 0.6 is 0 Å². The highest BCUT2D eigenvalue weighted by Crippen LogP contribution is 2.27. The fourth-order valence-electron chi connectivity index (χ4n) is 5.24. The molecule has 7 N–H and O–H groups in total. The monoisotopic (exact) mass is 427 g/mol. The van der Waals surface area contributed by atoms with Crippen molar-refractivity contribution in [2.45, 2.75) is 88.8 Å². The van der Waals surface area contributed by atoms with Gasteiger partial charge in [0.1, 0.15) is 12.1 Å². The van der Waals surface area contributed by atoms with Crippen LogP contribution in [0.15, 0.2) is 0 Å². The SMILES string of the molecule is N[C@@H](CCCCN1CCCC[C@@H]1C1CCC[NH+](CCCC[C@H](N)C(=O)O)C1)C(=O)O. The molecule has 174 valence electrons. The molecule has 8 nitrogen and oxygen atoms in total. The summed E-state index contributed by atoms with van der Waals surface area (Å²) in [5.74, 6) is -1.07. The number of piperidine rings is 2. The van der Waals surface area contributed by atoms with E-state index in [2.05, 4.69) is 4.90 Å². The number of nitrogens with zero attached hydrogens (tertiary/aromatic N) is 1. The maximum Gasteiger partial charge on any atom is 0.320 e. The van der Waals surface area contributed by atoms with Crippen LogP contribution in [-0.2, 0) is 9.59 Å². The summed E-state index contributed by atoms with van der Waals surface area (Å²) in [5.41, 5.74) is 11.2. The van der Waals surface area contributed by atoms with E-state index in [9.17, 15) is 9.59 Å². The van der Waals surface area contributed by atoms with Crippen LogP contribution in [0, 0.1) is 5.92 Å². The molecule has 0 amide bonds. The Morgan fingerprint density at radius 2 is 1.60 bits per heavy atom. The number of carboxylic acid groups (broad SMARTS) is 2. The molecule has 0 spiro atoms. The van der Waals surface area contributed by atoms with E-state index in [1.807, 2.05) is 0 Å². The van der Waals surface area contributed by atoms with Gasteiger partial charge < -0.3 is 26.6 Å². The second-order valence-electron chi connectivity index (χ2n) is 9.34. The fraction of sp³-hybridized carbons (Fsp3) is 0.909. The quantitative estimate of drug-likeness (QED) is 0.267. The summed E-state index contributed by atoms with van der Waals surface area (Å²) in [6.45, 7) is 5.77. The van der Waals surface area contributed by atoms with Crippen LogP contribution in [0.5, 0.6) is 0 Å². The van der Waals surface area contributed by atoms with Gasteiger partial charge in [-0.1, -0.05) is 12.8 Å². The van der Waals surface area contributed by atoms with E-state index in [1.165, 1.54) is 45.2 Å². The van der Waals surface area contributed by atoms with Gasteiger partial charge in [-0.15, -0.1) is 0 Å². The second-order valence-corrected chi connectivity index (χ2v) is 9.34. The van der Waals surface area contributed by atoms with Crippen molar-refractivity contribution in [3.05, 3.63) is 0 Å². The lowest BCUT2D eigenvalue weighted by molar-refractivity contribution is -0.909. The first-order valence-electron chi connectivity index (χ1n) is 11.9. The Labute approximate surface area is 181 Å². The number of quaternary nitrogens is 1. The molecule has 30 heavy (non-hydrogen) atoms. The van der Waals surface area contributed by atoms with E-state index in [4.69, 9.17) is 21.7 Å². The van der Waals surface area contributed by atoms with Gasteiger partial charge in [0.2, 0.25) is 0 Å². The number of unbranched alkanes of at least 4 members (excludes halogenated alkanes) is 2. The third kappa shape index (κ3) is 8.49. The molecule has 0 saturated carbocycles. The zero-order valence-corrected chi connectivity index (χ0v) is 18.4. The molecule has 2 aliphatic rings. The van der Waals surface area contributed by atoms with Crippen LogP contribution in [0.4, 0.5) is 0 Å². The number of carboxylic acids is 2. The summed E-state index contributed by atoms with van der Waals surface area (Å²) < 4.78 is 0. The molecule has 2 heterocycles. The maximum atomic E-state index is 10.9. The third-order valence-corrected chi connectivity index (χ3v) is 7.00. The number of nitrogens with one attached hydrogen (secondary N) is 1. The van der Waals surface area contributed by atoms with Gasteiger partial charge in [-0.25, -0.2) is 0 Å². The number of likely N-dealkylation sites (tertiary alicyclic amines) is 2. The van der Waals surface area contributed by atoms with Crippen LogP contribution in [0.2, 0.25) is 0 Å². The number of hydrogen-bond donors (Lipinski definition) is 5. The van der Waals surface area contributed by atoms with Crippen molar-refractivity contribution in [3.63, 3.8) is 0 Å². The highest BCUT2D eigenvalue weighted by molar-refractivity contribution is 5.73. The second kappa shape index (κ2) is 13.2. The average molecular weight is 428 g/mol. The molecule has 0 aromatic carbocycles. The number of aliphatic carboxylic acids is 2. The number of nitrogens with two attached hydrogens (primary N) is 2. The lowest BCUT2D eigenvalue weighted by Gasteiger charge is -2.43. The summed E-state index contributed by atoms with van der Waals surface area (Å²) in [5, 5.41) is 17.8. The molecule has 2 unspecified atom stereocenters. The normalized spacial score (nSPS) is 27.5. The number of hydrogen-bond acceptors (Lipinski definition) is 5. The van der Waals surface area contributed by atoms with Crippen LogP contribution in [0.1, 0.15) is 70.6 Å². The van der Waals surface area contributed by atoms with E-state index in [-0.39, 0.29) is 0 Å². The minimum absolute atomic E-state index is 0.556. The van der Waals surface area contributed by atoms with Gasteiger partial charge in [-0.05, 0) is 70.9 Å². The Kier molecular flexibility index (Phi) is 11.1. The standard InChI is InChI=1S/C22H42N4O4/c23-18(21(27)28)9-1-4-12-25-13-7-8-17(16-25)20-11-3-6-15-26(20)14-5-2-10-19(24)22(29)30/h17-20H,1-16,23-24H2,(H,27,28)(H,29,30)/p+1/t17?,18-,19-,20+/m0/s1. The predicted molar refractivity (Wildman–Crippen MR) is 116 cm³/mol. The molecule has 2 aliphatic heterocycles. The maximum absolute atomic E-state index is 10.9. The van der Waals surface area contributed by atoms with Crippen molar-refractivity contribution in [3.8, 4) is 0 Å². The van der Waals surface area contributed by atoms with Crippen LogP contribution in [0.25, 0.3) is 0 Å². The van der Waals surface area contributed by atoms with E-state index < -0.39 is 24.0 Å². The fourth-order valence-corrected chi connectivity index (χ4v) is 5.24. The Morgan fingerprint density at radius 1 is 0.933 bits per heavy atom. The highest BCUT2D eigenvalue weighted by Gasteiger charge is 2.34. The van der Waals surface area contributed by atoms with Crippen LogP contribution in [-0.4, -0.2) is 77.9 Å². The lowest BCUT2D eigenvalue weighted by atomic mass is 9.84. The largest absolute Gasteiger partial charge is 0.480 e. The molecule has 8 heteroatoms. The van der Waals surface area contributed by atoms with E-state index in [0.717, 1.165) is 51.2 Å². The van der Waals surface area contributed by atoms with Crippen molar-refractivity contribution < 1.29 is 24.7 Å². The van der Waals surface area contributed by atoms with Gasteiger partial charge >= 0.3 is 11.9 Å². The minimum Gasteiger partial charge on any atom is -0.480 e. The van der Waals surface area contributed by atoms with Crippen LogP contribution in [0.3, 0.4) is 0 Å². The minimum atomic E-state index is -0.902. The number of rotatable bonds is 13. The lowest BCUT2D eigenvalue weighted by Crippen LogP contribution is -3.13. The molecule has 2 rings (SSSR count). The zero-order valence-electron chi connectivity index (χ0n) is 18.4. The first-order valence-corrected chi connectivity index (χ1v) is 11.9. The zero-order chi connectivity index (χ0) is 21.9. The summed E-state index contributed by atoms with van der Waals surface area (Å²) >= 11 is 0. The van der Waals surface area contributed by atoms with Crippen molar-refractivity contribution >= 4 is 11.9 Å².